The fourth-order valence-corrected chi connectivity index (χ4v) is 3.34. The molecule has 2 rings (SSSR count). The maximum atomic E-state index is 11.3. The van der Waals surface area contributed by atoms with E-state index in [2.05, 4.69) is 16.9 Å². The summed E-state index contributed by atoms with van der Waals surface area (Å²) in [4.78, 5) is 0. The molecule has 1 aliphatic rings. The summed E-state index contributed by atoms with van der Waals surface area (Å²) in [5, 5.41) is 0. The maximum absolute atomic E-state index is 11.3. The van der Waals surface area contributed by atoms with Crippen molar-refractivity contribution < 1.29 is 8.42 Å². The second-order valence-corrected chi connectivity index (χ2v) is 7.02. The van der Waals surface area contributed by atoms with E-state index in [1.54, 1.807) is 0 Å². The van der Waals surface area contributed by atoms with E-state index in [1.165, 1.54) is 37.5 Å². The Kier molecular flexibility index (Phi) is 4.40. The summed E-state index contributed by atoms with van der Waals surface area (Å²) in [5.74, 6) is 0.921. The van der Waals surface area contributed by atoms with E-state index >= 15 is 0 Å². The highest BCUT2D eigenvalue weighted by Crippen LogP contribution is 2.36. The minimum absolute atomic E-state index is 0.309. The van der Waals surface area contributed by atoms with Crippen LogP contribution in [0.3, 0.4) is 0 Å². The van der Waals surface area contributed by atoms with Gasteiger partial charge in [0.15, 0.2) is 0 Å². The van der Waals surface area contributed by atoms with Crippen molar-refractivity contribution in [2.75, 3.05) is 12.8 Å². The molecule has 0 radical (unpaired) electrons. The largest absolute Gasteiger partial charge is 0.215 e. The number of nitrogens with one attached hydrogen (secondary N) is 1. The zero-order valence-corrected chi connectivity index (χ0v) is 11.6. The van der Waals surface area contributed by atoms with Crippen molar-refractivity contribution in [1.82, 2.24) is 4.72 Å². The Morgan fingerprint density at radius 1 is 1.22 bits per heavy atom. The molecule has 1 N–H and O–H groups in total. The van der Waals surface area contributed by atoms with E-state index in [0.29, 0.717) is 18.4 Å². The molecule has 1 atom stereocenters. The van der Waals surface area contributed by atoms with Gasteiger partial charge in [0.2, 0.25) is 10.0 Å². The molecule has 1 saturated carbocycles. The van der Waals surface area contributed by atoms with Gasteiger partial charge >= 0.3 is 0 Å². The molecular weight excluding hydrogens is 246 g/mol. The normalized spacial score (nSPS) is 18.9. The number of hydrogen-bond acceptors (Lipinski definition) is 2. The monoisotopic (exact) mass is 267 g/mol. The van der Waals surface area contributed by atoms with Gasteiger partial charge in [-0.1, -0.05) is 43.2 Å². The van der Waals surface area contributed by atoms with E-state index < -0.39 is 10.0 Å². The van der Waals surface area contributed by atoms with Crippen LogP contribution < -0.4 is 4.72 Å². The molecule has 0 saturated heterocycles. The zero-order valence-electron chi connectivity index (χ0n) is 10.8. The van der Waals surface area contributed by atoms with Crippen molar-refractivity contribution in [3.8, 4) is 0 Å². The fourth-order valence-electron chi connectivity index (χ4n) is 2.86. The molecule has 1 fully saturated rings. The molecule has 0 spiro atoms. The van der Waals surface area contributed by atoms with Crippen molar-refractivity contribution in [2.24, 2.45) is 5.92 Å². The van der Waals surface area contributed by atoms with E-state index in [9.17, 15) is 8.42 Å². The van der Waals surface area contributed by atoms with Gasteiger partial charge in [0.1, 0.15) is 0 Å². The Morgan fingerprint density at radius 2 is 1.83 bits per heavy atom. The Bertz CT molecular complexity index is 464. The van der Waals surface area contributed by atoms with Crippen LogP contribution in [0, 0.1) is 5.92 Å². The Morgan fingerprint density at radius 3 is 2.39 bits per heavy atom. The molecule has 0 amide bonds. The molecule has 1 aromatic carbocycles. The van der Waals surface area contributed by atoms with E-state index in [-0.39, 0.29) is 0 Å². The topological polar surface area (TPSA) is 46.2 Å². The molecule has 100 valence electrons. The molecule has 0 aliphatic heterocycles. The van der Waals surface area contributed by atoms with Crippen LogP contribution >= 0.6 is 0 Å². The quantitative estimate of drug-likeness (QED) is 0.891. The minimum atomic E-state index is -3.11. The summed E-state index contributed by atoms with van der Waals surface area (Å²) < 4.78 is 25.2. The lowest BCUT2D eigenvalue weighted by atomic mass is 9.85. The lowest BCUT2D eigenvalue weighted by Crippen LogP contribution is -2.30. The van der Waals surface area contributed by atoms with Crippen molar-refractivity contribution in [3.05, 3.63) is 35.9 Å². The predicted octanol–water partition coefficient (Wildman–Crippen LogP) is 2.51. The molecule has 0 heterocycles. The van der Waals surface area contributed by atoms with E-state index in [4.69, 9.17) is 0 Å². The first-order chi connectivity index (χ1) is 8.56. The highest BCUT2D eigenvalue weighted by atomic mass is 32.2. The van der Waals surface area contributed by atoms with Gasteiger partial charge in [-0.05, 0) is 24.3 Å². The van der Waals surface area contributed by atoms with Gasteiger partial charge in [-0.2, -0.15) is 0 Å². The van der Waals surface area contributed by atoms with Gasteiger partial charge in [-0.15, -0.1) is 0 Å². The molecule has 4 heteroatoms. The molecule has 3 nitrogen and oxygen atoms in total. The predicted molar refractivity (Wildman–Crippen MR) is 74.0 cm³/mol. The maximum Gasteiger partial charge on any atom is 0.208 e. The van der Waals surface area contributed by atoms with Gasteiger partial charge in [0, 0.05) is 12.5 Å². The van der Waals surface area contributed by atoms with Gasteiger partial charge in [0.05, 0.1) is 6.26 Å². The van der Waals surface area contributed by atoms with E-state index in [0.717, 1.165) is 0 Å². The molecule has 1 aliphatic carbocycles. The second kappa shape index (κ2) is 5.85. The van der Waals surface area contributed by atoms with Crippen LogP contribution in [0.25, 0.3) is 0 Å². The fraction of sp³-hybridized carbons (Fsp3) is 0.571. The third-order valence-electron chi connectivity index (χ3n) is 3.76. The molecular formula is C14H21NO2S. The van der Waals surface area contributed by atoms with Crippen LogP contribution in [0.4, 0.5) is 0 Å². The number of benzene rings is 1. The SMILES string of the molecule is CS(=O)(=O)NC[C@H](c1ccccc1)C1CCCC1. The highest BCUT2D eigenvalue weighted by Gasteiger charge is 2.26. The van der Waals surface area contributed by atoms with Crippen molar-refractivity contribution in [3.63, 3.8) is 0 Å². The van der Waals surface area contributed by atoms with Crippen LogP contribution in [0.2, 0.25) is 0 Å². The van der Waals surface area contributed by atoms with Gasteiger partial charge in [0.25, 0.3) is 0 Å². The number of sulfonamides is 1. The van der Waals surface area contributed by atoms with Gasteiger partial charge in [-0.25, -0.2) is 13.1 Å². The number of rotatable bonds is 5. The van der Waals surface area contributed by atoms with Crippen molar-refractivity contribution in [2.45, 2.75) is 31.6 Å². The molecule has 1 aromatic rings. The zero-order chi connectivity index (χ0) is 13.0. The summed E-state index contributed by atoms with van der Waals surface area (Å²) in [6.07, 6.45) is 6.19. The van der Waals surface area contributed by atoms with Crippen LogP contribution in [-0.4, -0.2) is 21.2 Å². The first-order valence-corrected chi connectivity index (χ1v) is 8.45. The smallest absolute Gasteiger partial charge is 0.208 e. The Labute approximate surface area is 110 Å². The Balaban J connectivity index is 2.12. The van der Waals surface area contributed by atoms with Crippen LogP contribution in [0.5, 0.6) is 0 Å². The van der Waals surface area contributed by atoms with Crippen molar-refractivity contribution >= 4 is 10.0 Å². The molecule has 0 aromatic heterocycles. The first-order valence-electron chi connectivity index (χ1n) is 6.56. The minimum Gasteiger partial charge on any atom is -0.215 e. The van der Waals surface area contributed by atoms with Gasteiger partial charge < -0.3 is 0 Å². The lowest BCUT2D eigenvalue weighted by molar-refractivity contribution is 0.429. The Hall–Kier alpha value is -0.870. The summed E-state index contributed by atoms with van der Waals surface area (Å²) in [5.41, 5.74) is 1.25. The van der Waals surface area contributed by atoms with Gasteiger partial charge in [-0.3, -0.25) is 0 Å². The van der Waals surface area contributed by atoms with Crippen molar-refractivity contribution in [1.29, 1.82) is 0 Å². The second-order valence-electron chi connectivity index (χ2n) is 5.18. The standard InChI is InChI=1S/C14H21NO2S/c1-18(16,17)15-11-14(13-9-5-6-10-13)12-7-3-2-4-8-12/h2-4,7-8,13-15H,5-6,9-11H2,1H3/t14-/m1/s1. The average molecular weight is 267 g/mol. The summed E-state index contributed by atoms with van der Waals surface area (Å²) in [7, 11) is -3.11. The summed E-state index contributed by atoms with van der Waals surface area (Å²) in [6, 6.07) is 10.3. The van der Waals surface area contributed by atoms with Crippen LogP contribution in [-0.2, 0) is 10.0 Å². The summed E-state index contributed by atoms with van der Waals surface area (Å²) in [6.45, 7) is 0.521. The van der Waals surface area contributed by atoms with Crippen LogP contribution in [0.1, 0.15) is 37.2 Å². The molecule has 0 bridgehead atoms. The lowest BCUT2D eigenvalue weighted by Gasteiger charge is -2.24. The summed E-state index contributed by atoms with van der Waals surface area (Å²) >= 11 is 0. The third-order valence-corrected chi connectivity index (χ3v) is 4.45. The highest BCUT2D eigenvalue weighted by molar-refractivity contribution is 7.88. The first kappa shape index (κ1) is 13.6. The van der Waals surface area contributed by atoms with Crippen LogP contribution in [0.15, 0.2) is 30.3 Å². The third kappa shape index (κ3) is 3.82. The molecule has 0 unspecified atom stereocenters. The number of hydrogen-bond donors (Lipinski definition) is 1. The van der Waals surface area contributed by atoms with E-state index in [1.807, 2.05) is 18.2 Å². The average Bonchev–Trinajstić information content (AvgIpc) is 2.83. The molecule has 18 heavy (non-hydrogen) atoms.